The molecule has 0 amide bonds. The average Bonchev–Trinajstić information content (AvgIpc) is 3.02. The minimum atomic E-state index is 0.672. The molecule has 15 heavy (non-hydrogen) atoms. The van der Waals surface area contributed by atoms with E-state index in [1.807, 2.05) is 0 Å². The lowest BCUT2D eigenvalue weighted by molar-refractivity contribution is 0.229. The SMILES string of the molecule is c1nc(CN2CCNCC2)c(C2CC2)o1. The van der Waals surface area contributed by atoms with Crippen LogP contribution >= 0.6 is 0 Å². The number of nitrogens with zero attached hydrogens (tertiary/aromatic N) is 2. The highest BCUT2D eigenvalue weighted by Gasteiger charge is 2.30. The summed E-state index contributed by atoms with van der Waals surface area (Å²) in [5.74, 6) is 1.82. The summed E-state index contributed by atoms with van der Waals surface area (Å²) in [5, 5.41) is 3.36. The molecular weight excluding hydrogens is 190 g/mol. The van der Waals surface area contributed by atoms with Gasteiger partial charge in [0, 0.05) is 38.6 Å². The Balaban J connectivity index is 1.67. The van der Waals surface area contributed by atoms with Crippen molar-refractivity contribution in [1.82, 2.24) is 15.2 Å². The third-order valence-corrected chi connectivity index (χ3v) is 3.20. The Morgan fingerprint density at radius 1 is 1.40 bits per heavy atom. The van der Waals surface area contributed by atoms with Gasteiger partial charge in [-0.25, -0.2) is 4.98 Å². The molecule has 0 atom stereocenters. The summed E-state index contributed by atoms with van der Waals surface area (Å²) in [5.41, 5.74) is 1.17. The zero-order valence-electron chi connectivity index (χ0n) is 8.91. The molecule has 1 aromatic rings. The van der Waals surface area contributed by atoms with Gasteiger partial charge in [0.1, 0.15) is 5.76 Å². The first-order valence-corrected chi connectivity index (χ1v) is 5.79. The number of hydrogen-bond acceptors (Lipinski definition) is 4. The molecule has 4 nitrogen and oxygen atoms in total. The van der Waals surface area contributed by atoms with E-state index in [4.69, 9.17) is 4.42 Å². The van der Waals surface area contributed by atoms with Gasteiger partial charge in [-0.05, 0) is 12.8 Å². The van der Waals surface area contributed by atoms with E-state index >= 15 is 0 Å². The summed E-state index contributed by atoms with van der Waals surface area (Å²) in [6.07, 6.45) is 4.17. The van der Waals surface area contributed by atoms with Crippen LogP contribution in [0.3, 0.4) is 0 Å². The molecule has 0 unspecified atom stereocenters. The lowest BCUT2D eigenvalue weighted by atomic mass is 10.2. The lowest BCUT2D eigenvalue weighted by Crippen LogP contribution is -2.43. The number of nitrogens with one attached hydrogen (secondary N) is 1. The first kappa shape index (κ1) is 9.36. The van der Waals surface area contributed by atoms with Gasteiger partial charge in [0.15, 0.2) is 6.39 Å². The molecule has 0 spiro atoms. The Morgan fingerprint density at radius 3 is 2.93 bits per heavy atom. The van der Waals surface area contributed by atoms with Crippen molar-refractivity contribution in [1.29, 1.82) is 0 Å². The van der Waals surface area contributed by atoms with E-state index in [0.717, 1.165) is 38.5 Å². The first-order valence-electron chi connectivity index (χ1n) is 5.79. The van der Waals surface area contributed by atoms with Crippen LogP contribution in [-0.4, -0.2) is 36.1 Å². The number of piperazine rings is 1. The predicted molar refractivity (Wildman–Crippen MR) is 56.6 cm³/mol. The fraction of sp³-hybridized carbons (Fsp3) is 0.727. The van der Waals surface area contributed by atoms with E-state index in [-0.39, 0.29) is 0 Å². The van der Waals surface area contributed by atoms with Gasteiger partial charge in [-0.3, -0.25) is 4.90 Å². The van der Waals surface area contributed by atoms with Gasteiger partial charge >= 0.3 is 0 Å². The normalized spacial score (nSPS) is 23.2. The molecule has 0 bridgehead atoms. The van der Waals surface area contributed by atoms with Crippen LogP contribution < -0.4 is 5.32 Å². The van der Waals surface area contributed by atoms with Crippen LogP contribution in [0.15, 0.2) is 10.8 Å². The summed E-state index contributed by atoms with van der Waals surface area (Å²) < 4.78 is 5.48. The monoisotopic (exact) mass is 207 g/mol. The van der Waals surface area contributed by atoms with Crippen molar-refractivity contribution >= 4 is 0 Å². The largest absolute Gasteiger partial charge is 0.448 e. The van der Waals surface area contributed by atoms with Crippen LogP contribution in [0.1, 0.15) is 30.2 Å². The van der Waals surface area contributed by atoms with Gasteiger partial charge in [-0.15, -0.1) is 0 Å². The van der Waals surface area contributed by atoms with E-state index < -0.39 is 0 Å². The number of oxazole rings is 1. The van der Waals surface area contributed by atoms with Crippen molar-refractivity contribution in [2.45, 2.75) is 25.3 Å². The highest BCUT2D eigenvalue weighted by molar-refractivity contribution is 5.17. The summed E-state index contributed by atoms with van der Waals surface area (Å²) in [6.45, 7) is 5.39. The fourth-order valence-electron chi connectivity index (χ4n) is 2.16. The number of hydrogen-bond donors (Lipinski definition) is 1. The van der Waals surface area contributed by atoms with E-state index in [0.29, 0.717) is 5.92 Å². The van der Waals surface area contributed by atoms with E-state index in [1.54, 1.807) is 6.39 Å². The minimum absolute atomic E-state index is 0.672. The first-order chi connectivity index (χ1) is 7.43. The molecule has 2 heterocycles. The van der Waals surface area contributed by atoms with Crippen molar-refractivity contribution < 1.29 is 4.42 Å². The Bertz CT molecular complexity index is 326. The molecule has 1 saturated heterocycles. The maximum atomic E-state index is 5.48. The second kappa shape index (κ2) is 3.94. The Morgan fingerprint density at radius 2 is 2.20 bits per heavy atom. The van der Waals surface area contributed by atoms with Gasteiger partial charge in [-0.1, -0.05) is 0 Å². The molecular formula is C11H17N3O. The molecule has 1 saturated carbocycles. The van der Waals surface area contributed by atoms with Crippen molar-refractivity contribution in [2.24, 2.45) is 0 Å². The third kappa shape index (κ3) is 2.06. The molecule has 1 aliphatic heterocycles. The summed E-state index contributed by atoms with van der Waals surface area (Å²) in [4.78, 5) is 6.79. The Kier molecular flexibility index (Phi) is 2.46. The maximum absolute atomic E-state index is 5.48. The summed E-state index contributed by atoms with van der Waals surface area (Å²) in [6, 6.07) is 0. The van der Waals surface area contributed by atoms with Crippen LogP contribution in [0.25, 0.3) is 0 Å². The van der Waals surface area contributed by atoms with Gasteiger partial charge in [0.2, 0.25) is 0 Å². The standard InChI is InChI=1S/C11H17N3O/c1-2-9(1)11-10(13-8-15-11)7-14-5-3-12-4-6-14/h8-9,12H,1-7H2. The van der Waals surface area contributed by atoms with Gasteiger partial charge < -0.3 is 9.73 Å². The quantitative estimate of drug-likeness (QED) is 0.801. The molecule has 1 aliphatic carbocycles. The molecule has 1 aromatic heterocycles. The number of aromatic nitrogens is 1. The maximum Gasteiger partial charge on any atom is 0.181 e. The van der Waals surface area contributed by atoms with E-state index in [2.05, 4.69) is 15.2 Å². The lowest BCUT2D eigenvalue weighted by Gasteiger charge is -2.26. The highest BCUT2D eigenvalue weighted by atomic mass is 16.3. The Labute approximate surface area is 89.7 Å². The van der Waals surface area contributed by atoms with E-state index in [9.17, 15) is 0 Å². The van der Waals surface area contributed by atoms with E-state index in [1.165, 1.54) is 18.5 Å². The molecule has 2 aliphatic rings. The van der Waals surface area contributed by atoms with Gasteiger partial charge in [0.25, 0.3) is 0 Å². The van der Waals surface area contributed by atoms with Crippen LogP contribution in [0.4, 0.5) is 0 Å². The van der Waals surface area contributed by atoms with Gasteiger partial charge in [0.05, 0.1) is 5.69 Å². The molecule has 4 heteroatoms. The molecule has 0 aromatic carbocycles. The second-order valence-corrected chi connectivity index (χ2v) is 4.46. The Hall–Kier alpha value is -0.870. The van der Waals surface area contributed by atoms with Gasteiger partial charge in [-0.2, -0.15) is 0 Å². The molecule has 1 N–H and O–H groups in total. The summed E-state index contributed by atoms with van der Waals surface area (Å²) >= 11 is 0. The molecule has 82 valence electrons. The summed E-state index contributed by atoms with van der Waals surface area (Å²) in [7, 11) is 0. The van der Waals surface area contributed by atoms with Crippen LogP contribution in [0.5, 0.6) is 0 Å². The van der Waals surface area contributed by atoms with Crippen LogP contribution in [0, 0.1) is 0 Å². The fourth-order valence-corrected chi connectivity index (χ4v) is 2.16. The highest BCUT2D eigenvalue weighted by Crippen LogP contribution is 2.41. The third-order valence-electron chi connectivity index (χ3n) is 3.20. The average molecular weight is 207 g/mol. The van der Waals surface area contributed by atoms with Crippen LogP contribution in [0.2, 0.25) is 0 Å². The smallest absolute Gasteiger partial charge is 0.181 e. The van der Waals surface area contributed by atoms with Crippen molar-refractivity contribution in [2.75, 3.05) is 26.2 Å². The topological polar surface area (TPSA) is 41.3 Å². The van der Waals surface area contributed by atoms with Crippen molar-refractivity contribution in [3.05, 3.63) is 17.8 Å². The molecule has 0 radical (unpaired) electrons. The molecule has 2 fully saturated rings. The second-order valence-electron chi connectivity index (χ2n) is 4.46. The predicted octanol–water partition coefficient (Wildman–Crippen LogP) is 0.957. The van der Waals surface area contributed by atoms with Crippen molar-refractivity contribution in [3.8, 4) is 0 Å². The number of rotatable bonds is 3. The molecule has 3 rings (SSSR count). The van der Waals surface area contributed by atoms with Crippen molar-refractivity contribution in [3.63, 3.8) is 0 Å². The van der Waals surface area contributed by atoms with Crippen LogP contribution in [-0.2, 0) is 6.54 Å². The minimum Gasteiger partial charge on any atom is -0.448 e. The zero-order valence-corrected chi connectivity index (χ0v) is 8.91. The zero-order chi connectivity index (χ0) is 10.1.